The third kappa shape index (κ3) is 3.18. The topological polar surface area (TPSA) is 32.3 Å². The third-order valence-corrected chi connectivity index (χ3v) is 5.95. The molecule has 2 aromatic rings. The Bertz CT molecular complexity index is 723. The molecule has 3 nitrogen and oxygen atoms in total. The second-order valence-corrected chi connectivity index (χ2v) is 7.49. The summed E-state index contributed by atoms with van der Waals surface area (Å²) in [6.45, 7) is 4.18. The molecule has 126 valence electrons. The molecule has 0 unspecified atom stereocenters. The molecule has 1 amide bonds. The number of hydrogen-bond acceptors (Lipinski definition) is 2. The van der Waals surface area contributed by atoms with Gasteiger partial charge in [-0.3, -0.25) is 4.79 Å². The monoisotopic (exact) mass is 322 g/mol. The summed E-state index contributed by atoms with van der Waals surface area (Å²) in [4.78, 5) is 14.6. The Morgan fingerprint density at radius 3 is 2.58 bits per heavy atom. The quantitative estimate of drug-likeness (QED) is 0.939. The van der Waals surface area contributed by atoms with Crippen LogP contribution >= 0.6 is 0 Å². The first-order valence-corrected chi connectivity index (χ1v) is 9.20. The Morgan fingerprint density at radius 2 is 1.83 bits per heavy atom. The predicted octanol–water partition coefficient (Wildman–Crippen LogP) is 3.37. The number of likely N-dealkylation sites (tertiary alicyclic amines) is 1. The number of carbonyl (C=O) groups is 1. The number of benzene rings is 2. The Kier molecular flexibility index (Phi) is 4.28. The molecular weight excluding hydrogens is 296 g/mol. The summed E-state index contributed by atoms with van der Waals surface area (Å²) < 4.78 is 0. The number of rotatable bonds is 3. The van der Waals surface area contributed by atoms with Crippen LogP contribution in [0.25, 0.3) is 10.8 Å². The molecule has 0 aliphatic carbocycles. The molecule has 0 radical (unpaired) electrons. The molecule has 0 bridgehead atoms. The summed E-state index contributed by atoms with van der Waals surface area (Å²) in [6, 6.07) is 14.9. The number of amides is 1. The Labute approximate surface area is 144 Å². The van der Waals surface area contributed by atoms with Crippen LogP contribution in [0.2, 0.25) is 0 Å². The number of nitrogens with one attached hydrogen (secondary N) is 1. The van der Waals surface area contributed by atoms with Crippen molar-refractivity contribution >= 4 is 16.7 Å². The van der Waals surface area contributed by atoms with E-state index in [1.165, 1.54) is 35.6 Å². The van der Waals surface area contributed by atoms with E-state index in [4.69, 9.17) is 0 Å². The van der Waals surface area contributed by atoms with E-state index in [9.17, 15) is 4.79 Å². The van der Waals surface area contributed by atoms with Gasteiger partial charge in [0.1, 0.15) is 0 Å². The summed E-state index contributed by atoms with van der Waals surface area (Å²) in [7, 11) is 0. The van der Waals surface area contributed by atoms with Crippen molar-refractivity contribution < 1.29 is 4.79 Å². The van der Waals surface area contributed by atoms with Gasteiger partial charge in [-0.05, 0) is 54.0 Å². The average Bonchev–Trinajstić information content (AvgIpc) is 3.08. The van der Waals surface area contributed by atoms with E-state index in [0.29, 0.717) is 17.7 Å². The highest BCUT2D eigenvalue weighted by Gasteiger charge is 2.37. The first-order valence-electron chi connectivity index (χ1n) is 9.20. The van der Waals surface area contributed by atoms with Crippen LogP contribution in [0.1, 0.15) is 31.2 Å². The zero-order valence-electron chi connectivity index (χ0n) is 14.3. The van der Waals surface area contributed by atoms with Crippen LogP contribution in [0, 0.1) is 5.41 Å². The van der Waals surface area contributed by atoms with Crippen molar-refractivity contribution in [2.45, 2.75) is 32.1 Å². The molecule has 0 atom stereocenters. The zero-order chi connectivity index (χ0) is 16.4. The van der Waals surface area contributed by atoms with Crippen molar-refractivity contribution in [1.29, 1.82) is 0 Å². The fourth-order valence-electron chi connectivity index (χ4n) is 4.26. The van der Waals surface area contributed by atoms with Gasteiger partial charge in [-0.25, -0.2) is 0 Å². The molecule has 24 heavy (non-hydrogen) atoms. The summed E-state index contributed by atoms with van der Waals surface area (Å²) in [5, 5.41) is 6.01. The first kappa shape index (κ1) is 15.6. The molecule has 2 aliphatic rings. The molecule has 2 aromatic carbocycles. The van der Waals surface area contributed by atoms with Gasteiger partial charge in [-0.1, -0.05) is 42.5 Å². The number of piperidine rings is 1. The van der Waals surface area contributed by atoms with Crippen molar-refractivity contribution in [3.63, 3.8) is 0 Å². The van der Waals surface area contributed by atoms with E-state index in [2.05, 4.69) is 52.7 Å². The fraction of sp³-hybridized carbons (Fsp3) is 0.476. The Balaban J connectivity index is 1.33. The summed E-state index contributed by atoms with van der Waals surface area (Å²) in [5.74, 6) is 0.323. The Hall–Kier alpha value is -1.87. The first-order chi connectivity index (χ1) is 11.7. The number of fused-ring (bicyclic) bond motifs is 1. The van der Waals surface area contributed by atoms with E-state index >= 15 is 0 Å². The summed E-state index contributed by atoms with van der Waals surface area (Å²) in [5.41, 5.74) is 1.74. The van der Waals surface area contributed by atoms with Crippen LogP contribution < -0.4 is 5.32 Å². The molecule has 2 aliphatic heterocycles. The maximum atomic E-state index is 12.5. The molecule has 0 aromatic heterocycles. The summed E-state index contributed by atoms with van der Waals surface area (Å²) in [6.07, 6.45) is 5.09. The minimum Gasteiger partial charge on any atom is -0.343 e. The normalized spacial score (nSPS) is 19.9. The third-order valence-electron chi connectivity index (χ3n) is 5.95. The number of nitrogens with zero attached hydrogens (tertiary/aromatic N) is 1. The molecule has 4 rings (SSSR count). The second-order valence-electron chi connectivity index (χ2n) is 7.49. The second kappa shape index (κ2) is 6.56. The maximum Gasteiger partial charge on any atom is 0.222 e. The SMILES string of the molecule is O=C(CCc1ccc2ccccc2c1)N1CCC2(CCNC2)CC1. The van der Waals surface area contributed by atoms with Gasteiger partial charge in [0.2, 0.25) is 5.91 Å². The molecule has 2 fully saturated rings. The highest BCUT2D eigenvalue weighted by Crippen LogP contribution is 2.37. The van der Waals surface area contributed by atoms with Crippen LogP contribution in [-0.4, -0.2) is 37.0 Å². The van der Waals surface area contributed by atoms with E-state index in [-0.39, 0.29) is 0 Å². The molecule has 3 heteroatoms. The molecule has 2 heterocycles. The van der Waals surface area contributed by atoms with Crippen LogP contribution in [0.5, 0.6) is 0 Å². The van der Waals surface area contributed by atoms with Gasteiger partial charge in [0.25, 0.3) is 0 Å². The smallest absolute Gasteiger partial charge is 0.222 e. The van der Waals surface area contributed by atoms with E-state index in [0.717, 1.165) is 32.6 Å². The lowest BCUT2D eigenvalue weighted by Gasteiger charge is -2.39. The van der Waals surface area contributed by atoms with Gasteiger partial charge >= 0.3 is 0 Å². The van der Waals surface area contributed by atoms with Gasteiger partial charge in [0.05, 0.1) is 0 Å². The minimum absolute atomic E-state index is 0.323. The lowest BCUT2D eigenvalue weighted by atomic mass is 9.78. The van der Waals surface area contributed by atoms with Gasteiger partial charge in [-0.15, -0.1) is 0 Å². The standard InChI is InChI=1S/C21H26N2O/c24-20(23-13-10-21(11-14-23)9-12-22-16-21)8-6-17-5-7-18-3-1-2-4-19(18)15-17/h1-5,7,15,22H,6,8-14,16H2. The maximum absolute atomic E-state index is 12.5. The van der Waals surface area contributed by atoms with Crippen LogP contribution in [-0.2, 0) is 11.2 Å². The lowest BCUT2D eigenvalue weighted by Crippen LogP contribution is -2.44. The van der Waals surface area contributed by atoms with Crippen molar-refractivity contribution in [3.8, 4) is 0 Å². The van der Waals surface area contributed by atoms with Gasteiger partial charge in [-0.2, -0.15) is 0 Å². The minimum atomic E-state index is 0.323. The lowest BCUT2D eigenvalue weighted by molar-refractivity contribution is -0.133. The molecular formula is C21H26N2O. The molecule has 0 saturated carbocycles. The van der Waals surface area contributed by atoms with E-state index < -0.39 is 0 Å². The highest BCUT2D eigenvalue weighted by atomic mass is 16.2. The van der Waals surface area contributed by atoms with Crippen LogP contribution in [0.3, 0.4) is 0 Å². The summed E-state index contributed by atoms with van der Waals surface area (Å²) >= 11 is 0. The van der Waals surface area contributed by atoms with E-state index in [1.807, 2.05) is 0 Å². The highest BCUT2D eigenvalue weighted by molar-refractivity contribution is 5.83. The van der Waals surface area contributed by atoms with Crippen molar-refractivity contribution in [3.05, 3.63) is 48.0 Å². The zero-order valence-corrected chi connectivity index (χ0v) is 14.3. The average molecular weight is 322 g/mol. The van der Waals surface area contributed by atoms with Crippen molar-refractivity contribution in [1.82, 2.24) is 10.2 Å². The van der Waals surface area contributed by atoms with Gasteiger partial charge < -0.3 is 10.2 Å². The van der Waals surface area contributed by atoms with Crippen LogP contribution in [0.4, 0.5) is 0 Å². The largest absolute Gasteiger partial charge is 0.343 e. The van der Waals surface area contributed by atoms with Gasteiger partial charge in [0, 0.05) is 26.1 Å². The molecule has 2 saturated heterocycles. The van der Waals surface area contributed by atoms with Crippen molar-refractivity contribution in [2.75, 3.05) is 26.2 Å². The van der Waals surface area contributed by atoms with Gasteiger partial charge in [0.15, 0.2) is 0 Å². The predicted molar refractivity (Wildman–Crippen MR) is 98.0 cm³/mol. The fourth-order valence-corrected chi connectivity index (χ4v) is 4.26. The van der Waals surface area contributed by atoms with Crippen LogP contribution in [0.15, 0.2) is 42.5 Å². The number of carbonyl (C=O) groups excluding carboxylic acids is 1. The molecule has 1 spiro atoms. The number of aryl methyl sites for hydroxylation is 1. The van der Waals surface area contributed by atoms with E-state index in [1.54, 1.807) is 0 Å². The molecule has 1 N–H and O–H groups in total. The number of hydrogen-bond donors (Lipinski definition) is 1. The van der Waals surface area contributed by atoms with Crippen molar-refractivity contribution in [2.24, 2.45) is 5.41 Å². The Morgan fingerprint density at radius 1 is 1.04 bits per heavy atom.